The Morgan fingerprint density at radius 2 is 1.05 bits per heavy atom. The summed E-state index contributed by atoms with van der Waals surface area (Å²) in [7, 11) is 1.52. The van der Waals surface area contributed by atoms with E-state index in [-0.39, 0.29) is 0 Å². The number of ether oxygens (including phenoxy) is 11. The monoisotopic (exact) mass is 869 g/mol. The number of fused-ring (bicyclic) bond motifs is 1. The van der Waals surface area contributed by atoms with Crippen LogP contribution >= 0.6 is 0 Å². The van der Waals surface area contributed by atoms with E-state index in [0.717, 1.165) is 48.5 Å². The van der Waals surface area contributed by atoms with Crippen molar-refractivity contribution in [2.24, 2.45) is 0 Å². The molecule has 0 spiro atoms. The van der Waals surface area contributed by atoms with Crippen molar-refractivity contribution in [1.29, 1.82) is 0 Å². The van der Waals surface area contributed by atoms with Gasteiger partial charge in [-0.05, 0) is 29.3 Å². The Kier molecular flexibility index (Phi) is 15.4. The first kappa shape index (κ1) is 46.7. The maximum absolute atomic E-state index is 14.4. The van der Waals surface area contributed by atoms with Crippen molar-refractivity contribution in [3.8, 4) is 16.9 Å². The zero-order valence-electron chi connectivity index (χ0n) is 35.1. The number of nitrogens with zero attached hydrogens (tertiary/aromatic N) is 1. The molecule has 0 unspecified atom stereocenters. The van der Waals surface area contributed by atoms with E-state index in [9.17, 15) is 38.4 Å². The van der Waals surface area contributed by atoms with Gasteiger partial charge in [-0.1, -0.05) is 30.3 Å². The van der Waals surface area contributed by atoms with Gasteiger partial charge in [0.25, 0.3) is 5.56 Å². The molecule has 5 rings (SSSR count). The number of methoxy groups -OCH3 is 1. The van der Waals surface area contributed by atoms with Crippen LogP contribution in [-0.4, -0.2) is 122 Å². The molecule has 0 radical (unpaired) electrons. The smallest absolute Gasteiger partial charge is 0.303 e. The molecule has 2 saturated heterocycles. The lowest BCUT2D eigenvalue weighted by atomic mass is 9.94. The van der Waals surface area contributed by atoms with E-state index in [2.05, 4.69) is 0 Å². The molecular weight excluding hydrogens is 822 g/mol. The highest BCUT2D eigenvalue weighted by molar-refractivity contribution is 5.94. The largest absolute Gasteiger partial charge is 0.497 e. The van der Waals surface area contributed by atoms with Crippen LogP contribution in [0.2, 0.25) is 0 Å². The number of carbonyl (C=O) groups is 7. The normalized spacial score (nSPS) is 25.7. The van der Waals surface area contributed by atoms with Crippen LogP contribution in [0.3, 0.4) is 0 Å². The van der Waals surface area contributed by atoms with Crippen LogP contribution in [0.5, 0.6) is 5.75 Å². The summed E-state index contributed by atoms with van der Waals surface area (Å²) in [4.78, 5) is 102. The fourth-order valence-electron chi connectivity index (χ4n) is 7.27. The zero-order chi connectivity index (χ0) is 45.4. The summed E-state index contributed by atoms with van der Waals surface area (Å²) < 4.78 is 64.4. The molecule has 0 bridgehead atoms. The highest BCUT2D eigenvalue weighted by Gasteiger charge is 2.58. The first-order chi connectivity index (χ1) is 29.4. The Morgan fingerprint density at radius 1 is 0.565 bits per heavy atom. The van der Waals surface area contributed by atoms with Crippen LogP contribution in [0.1, 0.15) is 54.7 Å². The summed E-state index contributed by atoms with van der Waals surface area (Å²) in [5.41, 5.74) is 0.835. The van der Waals surface area contributed by atoms with E-state index < -0.39 is 122 Å². The summed E-state index contributed by atoms with van der Waals surface area (Å²) in [6, 6.07) is 15.1. The molecule has 2 fully saturated rings. The van der Waals surface area contributed by atoms with Crippen molar-refractivity contribution in [2.75, 3.05) is 20.3 Å². The molecule has 0 saturated carbocycles. The molecule has 0 amide bonds. The number of aromatic nitrogens is 1. The number of esters is 7. The third kappa shape index (κ3) is 11.3. The second-order valence-electron chi connectivity index (χ2n) is 14.2. The van der Waals surface area contributed by atoms with E-state index in [0.29, 0.717) is 27.8 Å². The van der Waals surface area contributed by atoms with E-state index in [1.165, 1.54) is 17.7 Å². The number of rotatable bonds is 14. The standard InChI is InChI=1S/C42H47NO19/c1-20(44)53-18-32-36(62-42-40(59-26(7)50)38(57-24(5)48)35(55-22(3)46)33(61-42)19-54-21(2)45)37(56-23(4)47)39(58-25(6)49)41(60-32)43-31-12-10-9-11-29(31)30(17-34(43)51)27-13-15-28(52-8)16-14-27/h9-17,32-33,35-42H,18-19H2,1-8H3/t32-,33-,35-,36-,37+,38+,39-,40-,41-,42+/m1/s1. The van der Waals surface area contributed by atoms with Gasteiger partial charge in [0, 0.05) is 59.9 Å². The molecule has 334 valence electrons. The van der Waals surface area contributed by atoms with Crippen molar-refractivity contribution in [3.05, 3.63) is 65.0 Å². The summed E-state index contributed by atoms with van der Waals surface area (Å²) in [6.07, 6.45) is -16.6. The molecule has 62 heavy (non-hydrogen) atoms. The lowest BCUT2D eigenvalue weighted by Gasteiger charge is -2.49. The fourth-order valence-corrected chi connectivity index (χ4v) is 7.27. The van der Waals surface area contributed by atoms with Gasteiger partial charge in [0.1, 0.15) is 37.3 Å². The van der Waals surface area contributed by atoms with Crippen LogP contribution in [0.15, 0.2) is 59.4 Å². The Bertz CT molecular complexity index is 2220. The number of benzene rings is 2. The predicted octanol–water partition coefficient (Wildman–Crippen LogP) is 2.47. The molecule has 2 aliphatic heterocycles. The minimum Gasteiger partial charge on any atom is -0.497 e. The topological polar surface area (TPSA) is 243 Å². The van der Waals surface area contributed by atoms with Crippen LogP contribution in [0.4, 0.5) is 0 Å². The maximum Gasteiger partial charge on any atom is 0.303 e. The van der Waals surface area contributed by atoms with E-state index in [1.807, 2.05) is 0 Å². The number of hydrogen-bond donors (Lipinski definition) is 0. The Morgan fingerprint density at radius 3 is 1.58 bits per heavy atom. The molecule has 20 nitrogen and oxygen atoms in total. The van der Waals surface area contributed by atoms with Gasteiger partial charge >= 0.3 is 41.8 Å². The van der Waals surface area contributed by atoms with Crippen molar-refractivity contribution in [1.82, 2.24) is 4.57 Å². The van der Waals surface area contributed by atoms with Crippen molar-refractivity contribution >= 4 is 52.7 Å². The first-order valence-electron chi connectivity index (χ1n) is 19.3. The molecule has 3 aromatic rings. The highest BCUT2D eigenvalue weighted by atomic mass is 16.8. The SMILES string of the molecule is COc1ccc(-c2cc(=O)n([C@@H]3O[C@H](COC(C)=O)[C@@H](O[C@@H]4O[C@H](COC(C)=O)[C@@H](OC(C)=O)[C@H](OC(C)=O)[C@H]4OC(C)=O)[C@H](OC(C)=O)[C@H]3OC(C)=O)c3ccccc23)cc1. The third-order valence-electron chi connectivity index (χ3n) is 9.52. The van der Waals surface area contributed by atoms with E-state index >= 15 is 0 Å². The Labute approximate surface area is 354 Å². The second-order valence-corrected chi connectivity index (χ2v) is 14.2. The molecule has 0 aliphatic carbocycles. The molecule has 20 heteroatoms. The maximum atomic E-state index is 14.4. The molecular formula is C42H47NO19. The minimum atomic E-state index is -1.87. The van der Waals surface area contributed by atoms with Crippen LogP contribution in [0, 0.1) is 0 Å². The summed E-state index contributed by atoms with van der Waals surface area (Å²) in [5, 5.41) is 0.555. The van der Waals surface area contributed by atoms with Gasteiger partial charge in [-0.3, -0.25) is 42.9 Å². The number of carbonyl (C=O) groups excluding carboxylic acids is 7. The summed E-state index contributed by atoms with van der Waals surface area (Å²) in [5.74, 6) is -5.55. The quantitative estimate of drug-likeness (QED) is 0.167. The number of para-hydroxylation sites is 1. The van der Waals surface area contributed by atoms with E-state index in [4.69, 9.17) is 52.1 Å². The van der Waals surface area contributed by atoms with Crippen LogP contribution in [-0.2, 0) is 80.9 Å². The van der Waals surface area contributed by atoms with Gasteiger partial charge < -0.3 is 52.1 Å². The second kappa shape index (κ2) is 20.5. The Hall–Kier alpha value is -6.38. The van der Waals surface area contributed by atoms with Gasteiger partial charge in [0.05, 0.1) is 12.6 Å². The van der Waals surface area contributed by atoms with Gasteiger partial charge in [-0.25, -0.2) is 0 Å². The highest BCUT2D eigenvalue weighted by Crippen LogP contribution is 2.39. The predicted molar refractivity (Wildman–Crippen MR) is 209 cm³/mol. The summed E-state index contributed by atoms with van der Waals surface area (Å²) >= 11 is 0. The first-order valence-corrected chi connectivity index (χ1v) is 19.3. The number of pyridine rings is 1. The van der Waals surface area contributed by atoms with Crippen molar-refractivity contribution in [2.45, 2.75) is 110 Å². The summed E-state index contributed by atoms with van der Waals surface area (Å²) in [6.45, 7) is 6.17. The minimum absolute atomic E-state index is 0.291. The lowest BCUT2D eigenvalue weighted by Crippen LogP contribution is -2.66. The van der Waals surface area contributed by atoms with E-state index in [1.54, 1.807) is 48.5 Å². The van der Waals surface area contributed by atoms with Gasteiger partial charge in [-0.2, -0.15) is 0 Å². The van der Waals surface area contributed by atoms with Crippen molar-refractivity contribution < 1.29 is 85.7 Å². The van der Waals surface area contributed by atoms with Crippen LogP contribution < -0.4 is 10.3 Å². The van der Waals surface area contributed by atoms with Gasteiger partial charge in [0.2, 0.25) is 0 Å². The molecule has 2 aliphatic rings. The number of hydrogen-bond acceptors (Lipinski definition) is 19. The molecule has 10 atom stereocenters. The van der Waals surface area contributed by atoms with Gasteiger partial charge in [0.15, 0.2) is 43.0 Å². The fraction of sp³-hybridized carbons (Fsp3) is 0.476. The Balaban J connectivity index is 1.69. The molecule has 2 aromatic carbocycles. The molecule has 1 aromatic heterocycles. The molecule has 0 N–H and O–H groups in total. The third-order valence-corrected chi connectivity index (χ3v) is 9.52. The average molecular weight is 870 g/mol. The molecule has 3 heterocycles. The lowest BCUT2D eigenvalue weighted by molar-refractivity contribution is -0.349. The van der Waals surface area contributed by atoms with Crippen molar-refractivity contribution in [3.63, 3.8) is 0 Å². The van der Waals surface area contributed by atoms with Gasteiger partial charge in [-0.15, -0.1) is 0 Å². The zero-order valence-corrected chi connectivity index (χ0v) is 35.1. The average Bonchev–Trinajstić information content (AvgIpc) is 3.19. The van der Waals surface area contributed by atoms with Crippen LogP contribution in [0.25, 0.3) is 22.0 Å².